The van der Waals surface area contributed by atoms with Crippen LogP contribution in [0.15, 0.2) is 0 Å². The van der Waals surface area contributed by atoms with E-state index >= 15 is 0 Å². The molecule has 5 nitrogen and oxygen atoms in total. The fourth-order valence-electron chi connectivity index (χ4n) is 3.32. The maximum absolute atomic E-state index is 12.5. The molecule has 2 bridgehead atoms. The number of nitrogens with zero attached hydrogens (tertiary/aromatic N) is 1. The van der Waals surface area contributed by atoms with Crippen molar-refractivity contribution in [3.05, 3.63) is 0 Å². The highest BCUT2D eigenvalue weighted by Gasteiger charge is 2.49. The van der Waals surface area contributed by atoms with Crippen molar-refractivity contribution in [2.45, 2.75) is 77.5 Å². The molecule has 1 atom stereocenters. The Morgan fingerprint density at radius 3 is 2.29 bits per heavy atom. The Labute approximate surface area is 127 Å². The van der Waals surface area contributed by atoms with Crippen LogP contribution in [-0.4, -0.2) is 41.3 Å². The molecular formula is C16H27NO4. The summed E-state index contributed by atoms with van der Waals surface area (Å²) >= 11 is 0. The largest absolute Gasteiger partial charge is 0.464 e. The third-order valence-corrected chi connectivity index (χ3v) is 4.18. The minimum absolute atomic E-state index is 0.115. The van der Waals surface area contributed by atoms with Gasteiger partial charge in [-0.15, -0.1) is 0 Å². The number of hydrogen-bond acceptors (Lipinski definition) is 4. The lowest BCUT2D eigenvalue weighted by Gasteiger charge is -2.49. The number of hydrogen-bond donors (Lipinski definition) is 0. The highest BCUT2D eigenvalue weighted by molar-refractivity contribution is 5.82. The van der Waals surface area contributed by atoms with Gasteiger partial charge in [-0.05, 0) is 58.8 Å². The molecule has 0 spiro atoms. The van der Waals surface area contributed by atoms with Gasteiger partial charge in [-0.25, -0.2) is 9.59 Å². The second-order valence-corrected chi connectivity index (χ2v) is 7.07. The quantitative estimate of drug-likeness (QED) is 0.751. The van der Waals surface area contributed by atoms with E-state index in [1.54, 1.807) is 4.90 Å². The van der Waals surface area contributed by atoms with Crippen LogP contribution >= 0.6 is 0 Å². The standard InChI is InChI=1S/C16H27NO4/c1-5-10-20-14(18)13-11-6-8-12(9-7-11)17(13)15(19)21-16(2,3)4/h11-13H,5-10H2,1-4H3. The molecule has 1 amide bonds. The molecular weight excluding hydrogens is 270 g/mol. The number of piperidine rings is 2. The zero-order chi connectivity index (χ0) is 15.6. The SMILES string of the molecule is CCCOC(=O)C1C2CCC(CC2)N1C(=O)OC(C)(C)C. The molecule has 0 aromatic carbocycles. The molecule has 2 aliphatic heterocycles. The van der Waals surface area contributed by atoms with E-state index in [0.717, 1.165) is 32.1 Å². The van der Waals surface area contributed by atoms with E-state index in [0.29, 0.717) is 6.61 Å². The van der Waals surface area contributed by atoms with Gasteiger partial charge in [-0.3, -0.25) is 4.90 Å². The van der Waals surface area contributed by atoms with Crippen molar-refractivity contribution in [1.29, 1.82) is 0 Å². The summed E-state index contributed by atoms with van der Waals surface area (Å²) in [5.74, 6) is -0.0519. The molecule has 3 rings (SSSR count). The topological polar surface area (TPSA) is 55.8 Å². The molecule has 0 aromatic heterocycles. The Morgan fingerprint density at radius 2 is 1.76 bits per heavy atom. The van der Waals surface area contributed by atoms with Crippen LogP contribution in [0.3, 0.4) is 0 Å². The molecule has 1 aliphatic carbocycles. The second-order valence-electron chi connectivity index (χ2n) is 7.07. The fraction of sp³-hybridized carbons (Fsp3) is 0.875. The molecule has 0 N–H and O–H groups in total. The highest BCUT2D eigenvalue weighted by atomic mass is 16.6. The van der Waals surface area contributed by atoms with Gasteiger partial charge in [-0.1, -0.05) is 6.92 Å². The predicted octanol–water partition coefficient (Wildman–Crippen LogP) is 3.12. The zero-order valence-corrected chi connectivity index (χ0v) is 13.6. The van der Waals surface area contributed by atoms with Crippen molar-refractivity contribution in [2.75, 3.05) is 6.61 Å². The van der Waals surface area contributed by atoms with Crippen LogP contribution in [0.2, 0.25) is 0 Å². The molecule has 120 valence electrons. The van der Waals surface area contributed by atoms with Crippen LogP contribution in [0.4, 0.5) is 4.79 Å². The average Bonchev–Trinajstić information content (AvgIpc) is 2.43. The van der Waals surface area contributed by atoms with Gasteiger partial charge in [0.15, 0.2) is 0 Å². The van der Waals surface area contributed by atoms with Crippen LogP contribution in [-0.2, 0) is 14.3 Å². The Bertz CT molecular complexity index is 394. The number of rotatable bonds is 3. The van der Waals surface area contributed by atoms with E-state index in [4.69, 9.17) is 9.47 Å². The van der Waals surface area contributed by atoms with Gasteiger partial charge in [0.1, 0.15) is 11.6 Å². The lowest BCUT2D eigenvalue weighted by atomic mass is 9.75. The van der Waals surface area contributed by atoms with Crippen molar-refractivity contribution in [3.63, 3.8) is 0 Å². The first-order valence-corrected chi connectivity index (χ1v) is 8.01. The van der Waals surface area contributed by atoms with Gasteiger partial charge in [0.25, 0.3) is 0 Å². The molecule has 5 heteroatoms. The normalized spacial score (nSPS) is 28.4. The first-order valence-electron chi connectivity index (χ1n) is 8.01. The van der Waals surface area contributed by atoms with Crippen molar-refractivity contribution in [2.24, 2.45) is 5.92 Å². The first kappa shape index (κ1) is 16.1. The smallest absolute Gasteiger partial charge is 0.411 e. The van der Waals surface area contributed by atoms with Gasteiger partial charge < -0.3 is 9.47 Å². The van der Waals surface area contributed by atoms with Gasteiger partial charge in [0, 0.05) is 6.04 Å². The Hall–Kier alpha value is -1.26. The van der Waals surface area contributed by atoms with E-state index < -0.39 is 11.6 Å². The van der Waals surface area contributed by atoms with Gasteiger partial charge in [-0.2, -0.15) is 0 Å². The minimum atomic E-state index is -0.550. The Morgan fingerprint density at radius 1 is 1.14 bits per heavy atom. The summed E-state index contributed by atoms with van der Waals surface area (Å²) in [6.45, 7) is 7.91. The molecule has 2 heterocycles. The number of ether oxygens (including phenoxy) is 2. The number of carbonyl (C=O) groups is 2. The maximum atomic E-state index is 12.5. The van der Waals surface area contributed by atoms with Crippen LogP contribution in [0.25, 0.3) is 0 Å². The summed E-state index contributed by atoms with van der Waals surface area (Å²) in [6, 6.07) is -0.345. The van der Waals surface area contributed by atoms with Crippen molar-refractivity contribution in [1.82, 2.24) is 4.90 Å². The maximum Gasteiger partial charge on any atom is 0.411 e. The van der Waals surface area contributed by atoms with Gasteiger partial charge >= 0.3 is 12.1 Å². The summed E-state index contributed by atoms with van der Waals surface area (Å²) in [5, 5.41) is 0. The average molecular weight is 297 g/mol. The molecule has 1 saturated carbocycles. The zero-order valence-electron chi connectivity index (χ0n) is 13.6. The summed E-state index contributed by atoms with van der Waals surface area (Å²) in [4.78, 5) is 26.5. The number of esters is 1. The van der Waals surface area contributed by atoms with Crippen LogP contribution in [0, 0.1) is 5.92 Å². The van der Waals surface area contributed by atoms with E-state index in [9.17, 15) is 9.59 Å². The number of fused-ring (bicyclic) bond motifs is 3. The summed E-state index contributed by atoms with van der Waals surface area (Å²) in [5.41, 5.74) is -0.550. The highest BCUT2D eigenvalue weighted by Crippen LogP contribution is 2.40. The molecule has 0 radical (unpaired) electrons. The monoisotopic (exact) mass is 297 g/mol. The number of carbonyl (C=O) groups excluding carboxylic acids is 2. The second kappa shape index (κ2) is 6.24. The van der Waals surface area contributed by atoms with Gasteiger partial charge in [0.05, 0.1) is 6.61 Å². The lowest BCUT2D eigenvalue weighted by molar-refractivity contribution is -0.158. The molecule has 0 aromatic rings. The Balaban J connectivity index is 2.14. The van der Waals surface area contributed by atoms with E-state index in [1.807, 2.05) is 27.7 Å². The third-order valence-electron chi connectivity index (χ3n) is 4.18. The molecule has 3 fully saturated rings. The molecule has 21 heavy (non-hydrogen) atoms. The van der Waals surface area contributed by atoms with Crippen LogP contribution in [0.1, 0.15) is 59.8 Å². The fourth-order valence-corrected chi connectivity index (χ4v) is 3.32. The Kier molecular flexibility index (Phi) is 4.79. The first-order chi connectivity index (χ1) is 9.83. The third kappa shape index (κ3) is 3.69. The lowest BCUT2D eigenvalue weighted by Crippen LogP contribution is -2.61. The summed E-state index contributed by atoms with van der Waals surface area (Å²) < 4.78 is 10.8. The van der Waals surface area contributed by atoms with Crippen LogP contribution < -0.4 is 0 Å². The van der Waals surface area contributed by atoms with E-state index in [-0.39, 0.29) is 24.0 Å². The van der Waals surface area contributed by atoms with E-state index in [2.05, 4.69) is 0 Å². The van der Waals surface area contributed by atoms with Crippen LogP contribution in [0.5, 0.6) is 0 Å². The van der Waals surface area contributed by atoms with Gasteiger partial charge in [0.2, 0.25) is 0 Å². The molecule has 3 aliphatic rings. The van der Waals surface area contributed by atoms with Crippen molar-refractivity contribution >= 4 is 12.1 Å². The van der Waals surface area contributed by atoms with Crippen molar-refractivity contribution in [3.8, 4) is 0 Å². The predicted molar refractivity (Wildman–Crippen MR) is 78.9 cm³/mol. The number of amides is 1. The summed E-state index contributed by atoms with van der Waals surface area (Å²) in [6.07, 6.45) is 4.32. The molecule has 2 saturated heterocycles. The van der Waals surface area contributed by atoms with E-state index in [1.165, 1.54) is 0 Å². The molecule has 1 unspecified atom stereocenters. The minimum Gasteiger partial charge on any atom is -0.464 e. The summed E-state index contributed by atoms with van der Waals surface area (Å²) in [7, 11) is 0. The van der Waals surface area contributed by atoms with Crippen molar-refractivity contribution < 1.29 is 19.1 Å².